The fourth-order valence-electron chi connectivity index (χ4n) is 2.22. The van der Waals surface area contributed by atoms with Gasteiger partial charge in [-0.25, -0.2) is 8.42 Å². The quantitative estimate of drug-likeness (QED) is 0.753. The molecule has 1 fully saturated rings. The molecule has 0 bridgehead atoms. The zero-order valence-corrected chi connectivity index (χ0v) is 12.5. The van der Waals surface area contributed by atoms with Gasteiger partial charge in [-0.05, 0) is 18.6 Å². The summed E-state index contributed by atoms with van der Waals surface area (Å²) in [7, 11) is -3.70. The molecular weight excluding hydrogens is 294 g/mol. The number of rotatable bonds is 5. The van der Waals surface area contributed by atoms with E-state index in [1.807, 2.05) is 0 Å². The van der Waals surface area contributed by atoms with Crippen LogP contribution in [0.25, 0.3) is 0 Å². The van der Waals surface area contributed by atoms with Crippen molar-refractivity contribution in [3.8, 4) is 0 Å². The molecular formula is C13H17N3O4S. The maximum Gasteiger partial charge on any atom is 0.245 e. The minimum Gasteiger partial charge on any atom is -0.294 e. The Morgan fingerprint density at radius 1 is 1.38 bits per heavy atom. The van der Waals surface area contributed by atoms with Crippen LogP contribution in [0.2, 0.25) is 0 Å². The number of hydrogen-bond acceptors (Lipinski definition) is 5. The van der Waals surface area contributed by atoms with Crippen molar-refractivity contribution < 1.29 is 18.0 Å². The highest BCUT2D eigenvalue weighted by molar-refractivity contribution is 7.89. The molecule has 114 valence electrons. The molecule has 1 aliphatic heterocycles. The lowest BCUT2D eigenvalue weighted by atomic mass is 10.2. The lowest BCUT2D eigenvalue weighted by Gasteiger charge is -2.32. The second-order valence-electron chi connectivity index (χ2n) is 4.77. The molecule has 1 N–H and O–H groups in total. The van der Waals surface area contributed by atoms with Crippen molar-refractivity contribution in [3.63, 3.8) is 0 Å². The molecule has 2 amide bonds. The summed E-state index contributed by atoms with van der Waals surface area (Å²) in [6.07, 6.45) is 2.16. The van der Waals surface area contributed by atoms with Crippen LogP contribution in [0.3, 0.4) is 0 Å². The highest BCUT2D eigenvalue weighted by Gasteiger charge is 2.39. The summed E-state index contributed by atoms with van der Waals surface area (Å²) < 4.78 is 25.8. The summed E-state index contributed by atoms with van der Waals surface area (Å²) in [4.78, 5) is 27.2. The van der Waals surface area contributed by atoms with E-state index in [1.165, 1.54) is 0 Å². The van der Waals surface area contributed by atoms with E-state index in [4.69, 9.17) is 0 Å². The molecule has 1 atom stereocenters. The van der Waals surface area contributed by atoms with Crippen molar-refractivity contribution >= 4 is 21.8 Å². The second kappa shape index (κ2) is 6.31. The fraction of sp³-hybridized carbons (Fsp3) is 0.462. The number of carbonyl (C=O) groups excluding carboxylic acids is 2. The molecule has 0 spiro atoms. The number of carbonyl (C=O) groups is 2. The van der Waals surface area contributed by atoms with Gasteiger partial charge in [-0.2, -0.15) is 4.31 Å². The van der Waals surface area contributed by atoms with Crippen LogP contribution in [-0.2, 0) is 26.0 Å². The Morgan fingerprint density at radius 3 is 2.76 bits per heavy atom. The van der Waals surface area contributed by atoms with Crippen LogP contribution in [0.4, 0.5) is 0 Å². The first-order valence-electron chi connectivity index (χ1n) is 6.67. The zero-order chi connectivity index (χ0) is 15.5. The molecule has 2 heterocycles. The number of pyridine rings is 1. The van der Waals surface area contributed by atoms with Gasteiger partial charge in [0.2, 0.25) is 21.8 Å². The van der Waals surface area contributed by atoms with Crippen LogP contribution in [0, 0.1) is 0 Å². The smallest absolute Gasteiger partial charge is 0.245 e. The van der Waals surface area contributed by atoms with Gasteiger partial charge in [-0.1, -0.05) is 13.0 Å². The molecule has 0 radical (unpaired) electrons. The van der Waals surface area contributed by atoms with E-state index >= 15 is 0 Å². The van der Waals surface area contributed by atoms with Crippen LogP contribution in [0.15, 0.2) is 24.4 Å². The lowest BCUT2D eigenvalue weighted by Crippen LogP contribution is -2.59. The Bertz CT molecular complexity index is 630. The summed E-state index contributed by atoms with van der Waals surface area (Å²) in [5.74, 6) is -1.33. The fourth-order valence-corrected chi connectivity index (χ4v) is 3.87. The largest absolute Gasteiger partial charge is 0.294 e. The average molecular weight is 311 g/mol. The molecule has 7 nitrogen and oxygen atoms in total. The van der Waals surface area contributed by atoms with E-state index in [9.17, 15) is 18.0 Å². The maximum absolute atomic E-state index is 12.4. The molecule has 0 aliphatic carbocycles. The summed E-state index contributed by atoms with van der Waals surface area (Å²) in [5.41, 5.74) is 0.655. The molecule has 21 heavy (non-hydrogen) atoms. The minimum atomic E-state index is -3.70. The highest BCUT2D eigenvalue weighted by atomic mass is 32.2. The summed E-state index contributed by atoms with van der Waals surface area (Å²) in [6.45, 7) is 1.40. The molecule has 8 heteroatoms. The summed E-state index contributed by atoms with van der Waals surface area (Å²) >= 11 is 0. The number of hydrogen-bond donors (Lipinski definition) is 1. The zero-order valence-electron chi connectivity index (χ0n) is 11.7. The average Bonchev–Trinajstić information content (AvgIpc) is 2.46. The first kappa shape index (κ1) is 15.6. The number of sulfonamides is 1. The molecule has 1 aromatic rings. The van der Waals surface area contributed by atoms with Crippen LogP contribution in [0.5, 0.6) is 0 Å². The van der Waals surface area contributed by atoms with Crippen LogP contribution in [-0.4, -0.2) is 47.9 Å². The summed E-state index contributed by atoms with van der Waals surface area (Å²) in [6, 6.07) is 4.44. The first-order chi connectivity index (χ1) is 9.94. The van der Waals surface area contributed by atoms with Crippen molar-refractivity contribution in [2.75, 3.05) is 12.3 Å². The van der Waals surface area contributed by atoms with Crippen LogP contribution >= 0.6 is 0 Å². The van der Waals surface area contributed by atoms with E-state index in [-0.39, 0.29) is 18.7 Å². The lowest BCUT2D eigenvalue weighted by molar-refractivity contribution is -0.137. The Hall–Kier alpha value is -1.80. The molecule has 1 aliphatic rings. The third-order valence-electron chi connectivity index (χ3n) is 3.30. The maximum atomic E-state index is 12.4. The van der Waals surface area contributed by atoms with Gasteiger partial charge in [0.05, 0.1) is 12.3 Å². The van der Waals surface area contributed by atoms with Gasteiger partial charge in [0, 0.05) is 18.3 Å². The number of nitrogens with zero attached hydrogens (tertiary/aromatic N) is 2. The highest BCUT2D eigenvalue weighted by Crippen LogP contribution is 2.15. The predicted molar refractivity (Wildman–Crippen MR) is 75.7 cm³/mol. The van der Waals surface area contributed by atoms with Crippen LogP contribution in [0.1, 0.15) is 19.0 Å². The number of aryl methyl sites for hydroxylation is 1. The molecule has 1 saturated heterocycles. The van der Waals surface area contributed by atoms with Gasteiger partial charge >= 0.3 is 0 Å². The van der Waals surface area contributed by atoms with E-state index in [0.717, 1.165) is 4.31 Å². The minimum absolute atomic E-state index is 0.179. The van der Waals surface area contributed by atoms with E-state index in [2.05, 4.69) is 10.3 Å². The molecule has 0 saturated carbocycles. The number of piperazine rings is 1. The Labute approximate surface area is 123 Å². The molecule has 0 aromatic carbocycles. The molecule has 2 rings (SSSR count). The molecule has 1 aromatic heterocycles. The van der Waals surface area contributed by atoms with E-state index in [0.29, 0.717) is 12.1 Å². The third-order valence-corrected chi connectivity index (χ3v) is 5.12. The van der Waals surface area contributed by atoms with Gasteiger partial charge in [-0.15, -0.1) is 0 Å². The Balaban J connectivity index is 2.13. The first-order valence-corrected chi connectivity index (χ1v) is 8.28. The van der Waals surface area contributed by atoms with E-state index < -0.39 is 27.9 Å². The number of imide groups is 1. The topological polar surface area (TPSA) is 96.4 Å². The van der Waals surface area contributed by atoms with Crippen molar-refractivity contribution in [3.05, 3.63) is 30.1 Å². The summed E-state index contributed by atoms with van der Waals surface area (Å²) in [5, 5.41) is 2.16. The number of aromatic nitrogens is 1. The van der Waals surface area contributed by atoms with Crippen molar-refractivity contribution in [1.29, 1.82) is 0 Å². The third kappa shape index (κ3) is 3.64. The Kier molecular flexibility index (Phi) is 4.69. The van der Waals surface area contributed by atoms with Gasteiger partial charge in [0.1, 0.15) is 6.04 Å². The van der Waals surface area contributed by atoms with Crippen molar-refractivity contribution in [2.45, 2.75) is 25.8 Å². The second-order valence-corrected chi connectivity index (χ2v) is 6.81. The Morgan fingerprint density at radius 2 is 2.14 bits per heavy atom. The monoisotopic (exact) mass is 311 g/mol. The van der Waals surface area contributed by atoms with Gasteiger partial charge < -0.3 is 0 Å². The molecule has 1 unspecified atom stereocenters. The number of nitrogens with one attached hydrogen (secondary N) is 1. The van der Waals surface area contributed by atoms with Gasteiger partial charge in [-0.3, -0.25) is 19.9 Å². The number of amides is 2. The van der Waals surface area contributed by atoms with Gasteiger partial charge in [0.15, 0.2) is 0 Å². The predicted octanol–water partition coefficient (Wildman–Crippen LogP) is -0.309. The normalized spacial score (nSPS) is 20.3. The standard InChI is InChI=1S/C13H17N3O4S/c1-2-11-13(18)15-12(17)9-16(11)21(19,20)8-6-10-5-3-4-7-14-10/h3-5,7,11H,2,6,8-9H2,1H3,(H,15,17,18). The van der Waals surface area contributed by atoms with Crippen molar-refractivity contribution in [1.82, 2.24) is 14.6 Å². The van der Waals surface area contributed by atoms with Crippen LogP contribution < -0.4 is 5.32 Å². The van der Waals surface area contributed by atoms with Gasteiger partial charge in [0.25, 0.3) is 0 Å². The van der Waals surface area contributed by atoms with E-state index in [1.54, 1.807) is 31.3 Å². The van der Waals surface area contributed by atoms with Crippen molar-refractivity contribution in [2.24, 2.45) is 0 Å². The SMILES string of the molecule is CCC1C(=O)NC(=O)CN1S(=O)(=O)CCc1ccccn1.